The summed E-state index contributed by atoms with van der Waals surface area (Å²) < 4.78 is 0. The zero-order valence-electron chi connectivity index (χ0n) is 8.98. The molecule has 2 heterocycles. The van der Waals surface area contributed by atoms with Crippen LogP contribution in [0.2, 0.25) is 0 Å². The molecule has 5 heteroatoms. The Morgan fingerprint density at radius 3 is 3.06 bits per heavy atom. The molecule has 0 radical (unpaired) electrons. The number of carboxylic acid groups (broad SMARTS) is 1. The van der Waals surface area contributed by atoms with E-state index in [9.17, 15) is 4.79 Å². The first kappa shape index (κ1) is 11.4. The summed E-state index contributed by atoms with van der Waals surface area (Å²) in [6.07, 6.45) is 4.40. The van der Waals surface area contributed by atoms with Gasteiger partial charge in [-0.2, -0.15) is 11.8 Å². The van der Waals surface area contributed by atoms with Crippen LogP contribution in [0.4, 0.5) is 0 Å². The van der Waals surface area contributed by atoms with Crippen LogP contribution in [-0.4, -0.2) is 32.5 Å². The van der Waals surface area contributed by atoms with Crippen molar-refractivity contribution in [3.8, 4) is 0 Å². The molecule has 1 N–H and O–H groups in total. The second-order valence-corrected chi connectivity index (χ2v) is 4.99. The molecular formula is C11H14N2O2S. The molecule has 2 rings (SSSR count). The standard InChI is InChI=1S/C11H14N2O2S/c14-11(15)2-1-10-12-7-8-3-5-16-6-4-9(8)13-10/h7H,1-6H2,(H,14,15). The Bertz CT molecular complexity index is 396. The summed E-state index contributed by atoms with van der Waals surface area (Å²) in [4.78, 5) is 19.1. The van der Waals surface area contributed by atoms with E-state index in [0.29, 0.717) is 12.2 Å². The van der Waals surface area contributed by atoms with E-state index in [1.54, 1.807) is 0 Å². The number of rotatable bonds is 3. The van der Waals surface area contributed by atoms with Crippen molar-refractivity contribution in [2.45, 2.75) is 25.7 Å². The minimum atomic E-state index is -0.797. The molecular weight excluding hydrogens is 224 g/mol. The Morgan fingerprint density at radius 2 is 2.25 bits per heavy atom. The zero-order chi connectivity index (χ0) is 11.4. The number of carboxylic acids is 1. The number of nitrogens with zero attached hydrogens (tertiary/aromatic N) is 2. The van der Waals surface area contributed by atoms with Gasteiger partial charge in [0.1, 0.15) is 5.82 Å². The normalized spacial score (nSPS) is 15.2. The molecule has 0 amide bonds. The van der Waals surface area contributed by atoms with E-state index in [2.05, 4.69) is 9.97 Å². The minimum Gasteiger partial charge on any atom is -0.481 e. The van der Waals surface area contributed by atoms with Gasteiger partial charge >= 0.3 is 5.97 Å². The SMILES string of the molecule is O=C(O)CCc1ncc2c(n1)CCSCC2. The lowest BCUT2D eigenvalue weighted by atomic mass is 10.1. The maximum Gasteiger partial charge on any atom is 0.303 e. The maximum atomic E-state index is 10.5. The van der Waals surface area contributed by atoms with Crippen molar-refractivity contribution in [1.82, 2.24) is 9.97 Å². The van der Waals surface area contributed by atoms with Gasteiger partial charge in [-0.1, -0.05) is 0 Å². The molecule has 0 fully saturated rings. The fraction of sp³-hybridized carbons (Fsp3) is 0.545. The van der Waals surface area contributed by atoms with Crippen LogP contribution in [0.15, 0.2) is 6.20 Å². The largest absolute Gasteiger partial charge is 0.481 e. The summed E-state index contributed by atoms with van der Waals surface area (Å²) in [5.74, 6) is 2.09. The van der Waals surface area contributed by atoms with Gasteiger partial charge in [0.05, 0.1) is 6.42 Å². The lowest BCUT2D eigenvalue weighted by Gasteiger charge is -2.05. The molecule has 1 aromatic heterocycles. The highest BCUT2D eigenvalue weighted by Gasteiger charge is 2.11. The molecule has 4 nitrogen and oxygen atoms in total. The highest BCUT2D eigenvalue weighted by Crippen LogP contribution is 2.17. The Morgan fingerprint density at radius 1 is 1.44 bits per heavy atom. The van der Waals surface area contributed by atoms with Crippen LogP contribution in [0, 0.1) is 0 Å². The third kappa shape index (κ3) is 2.95. The molecule has 0 saturated carbocycles. The molecule has 0 aromatic carbocycles. The quantitative estimate of drug-likeness (QED) is 0.860. The highest BCUT2D eigenvalue weighted by atomic mass is 32.2. The molecule has 16 heavy (non-hydrogen) atoms. The first-order valence-electron chi connectivity index (χ1n) is 5.39. The number of thioether (sulfide) groups is 1. The predicted molar refractivity (Wildman–Crippen MR) is 62.7 cm³/mol. The van der Waals surface area contributed by atoms with Crippen molar-refractivity contribution >= 4 is 17.7 Å². The Balaban J connectivity index is 2.11. The van der Waals surface area contributed by atoms with Gasteiger partial charge in [-0.15, -0.1) is 0 Å². The van der Waals surface area contributed by atoms with Crippen LogP contribution in [0.5, 0.6) is 0 Å². The fourth-order valence-electron chi connectivity index (χ4n) is 1.70. The molecule has 0 unspecified atom stereocenters. The van der Waals surface area contributed by atoms with E-state index in [1.807, 2.05) is 18.0 Å². The summed E-state index contributed by atoms with van der Waals surface area (Å²) in [5.41, 5.74) is 2.34. The number of carbonyl (C=O) groups is 1. The molecule has 1 aliphatic heterocycles. The second kappa shape index (κ2) is 5.30. The van der Waals surface area contributed by atoms with Gasteiger partial charge in [-0.05, 0) is 29.9 Å². The Labute approximate surface area is 98.5 Å². The number of aliphatic carboxylic acids is 1. The van der Waals surface area contributed by atoms with Gasteiger partial charge in [0.25, 0.3) is 0 Å². The first-order valence-corrected chi connectivity index (χ1v) is 6.54. The lowest BCUT2D eigenvalue weighted by Crippen LogP contribution is -2.06. The molecule has 0 saturated heterocycles. The Hall–Kier alpha value is -1.10. The van der Waals surface area contributed by atoms with Crippen LogP contribution in [-0.2, 0) is 24.1 Å². The third-order valence-corrected chi connectivity index (χ3v) is 3.55. The van der Waals surface area contributed by atoms with E-state index in [4.69, 9.17) is 5.11 Å². The van der Waals surface area contributed by atoms with Crippen molar-refractivity contribution in [2.75, 3.05) is 11.5 Å². The van der Waals surface area contributed by atoms with E-state index >= 15 is 0 Å². The predicted octanol–water partition coefficient (Wildman–Crippen LogP) is 1.33. The maximum absolute atomic E-state index is 10.5. The van der Waals surface area contributed by atoms with E-state index in [-0.39, 0.29) is 6.42 Å². The molecule has 0 atom stereocenters. The van der Waals surface area contributed by atoms with Crippen LogP contribution in [0.3, 0.4) is 0 Å². The smallest absolute Gasteiger partial charge is 0.303 e. The lowest BCUT2D eigenvalue weighted by molar-refractivity contribution is -0.137. The van der Waals surface area contributed by atoms with Gasteiger partial charge in [-0.25, -0.2) is 9.97 Å². The second-order valence-electron chi connectivity index (χ2n) is 3.76. The first-order chi connectivity index (χ1) is 7.75. The summed E-state index contributed by atoms with van der Waals surface area (Å²) in [5, 5.41) is 8.60. The zero-order valence-corrected chi connectivity index (χ0v) is 9.79. The van der Waals surface area contributed by atoms with Crippen molar-refractivity contribution in [1.29, 1.82) is 0 Å². The molecule has 0 aliphatic carbocycles. The van der Waals surface area contributed by atoms with Crippen LogP contribution in [0.25, 0.3) is 0 Å². The highest BCUT2D eigenvalue weighted by molar-refractivity contribution is 7.99. The average molecular weight is 238 g/mol. The summed E-state index contributed by atoms with van der Waals surface area (Å²) in [6, 6.07) is 0. The van der Waals surface area contributed by atoms with E-state index in [1.165, 1.54) is 5.56 Å². The number of hydrogen-bond acceptors (Lipinski definition) is 4. The number of aromatic nitrogens is 2. The average Bonchev–Trinajstić information content (AvgIpc) is 2.50. The molecule has 1 aliphatic rings. The number of aryl methyl sites for hydroxylation is 3. The van der Waals surface area contributed by atoms with E-state index in [0.717, 1.165) is 30.0 Å². The van der Waals surface area contributed by atoms with Crippen molar-refractivity contribution in [3.05, 3.63) is 23.3 Å². The van der Waals surface area contributed by atoms with Crippen LogP contribution < -0.4 is 0 Å². The van der Waals surface area contributed by atoms with Gasteiger partial charge in [0, 0.05) is 18.3 Å². The molecule has 0 bridgehead atoms. The molecule has 1 aromatic rings. The van der Waals surface area contributed by atoms with Crippen molar-refractivity contribution in [3.63, 3.8) is 0 Å². The summed E-state index contributed by atoms with van der Waals surface area (Å²) in [6.45, 7) is 0. The fourth-order valence-corrected chi connectivity index (χ4v) is 2.61. The van der Waals surface area contributed by atoms with Gasteiger partial charge in [-0.3, -0.25) is 4.79 Å². The minimum absolute atomic E-state index is 0.105. The van der Waals surface area contributed by atoms with Gasteiger partial charge < -0.3 is 5.11 Å². The summed E-state index contributed by atoms with van der Waals surface area (Å²) in [7, 11) is 0. The number of hydrogen-bond donors (Lipinski definition) is 1. The third-order valence-electron chi connectivity index (χ3n) is 2.57. The van der Waals surface area contributed by atoms with Crippen LogP contribution >= 0.6 is 11.8 Å². The molecule has 0 spiro atoms. The summed E-state index contributed by atoms with van der Waals surface area (Å²) >= 11 is 1.93. The van der Waals surface area contributed by atoms with Crippen LogP contribution in [0.1, 0.15) is 23.5 Å². The topological polar surface area (TPSA) is 63.1 Å². The Kier molecular flexibility index (Phi) is 3.77. The molecule has 86 valence electrons. The van der Waals surface area contributed by atoms with E-state index < -0.39 is 5.97 Å². The van der Waals surface area contributed by atoms with Crippen molar-refractivity contribution in [2.24, 2.45) is 0 Å². The number of fused-ring (bicyclic) bond motifs is 1. The monoisotopic (exact) mass is 238 g/mol. The van der Waals surface area contributed by atoms with Gasteiger partial charge in [0.2, 0.25) is 0 Å². The van der Waals surface area contributed by atoms with Gasteiger partial charge in [0.15, 0.2) is 0 Å². The van der Waals surface area contributed by atoms with Crippen molar-refractivity contribution < 1.29 is 9.90 Å².